The maximum Gasteiger partial charge on any atom is 0.288 e. The molecule has 0 bridgehead atoms. The summed E-state index contributed by atoms with van der Waals surface area (Å²) in [6, 6.07) is 3.13. The van der Waals surface area contributed by atoms with Gasteiger partial charge >= 0.3 is 0 Å². The number of hydrogen-bond donors (Lipinski definition) is 2. The van der Waals surface area contributed by atoms with E-state index < -0.39 is 28.8 Å². The smallest absolute Gasteiger partial charge is 0.288 e. The third-order valence-corrected chi connectivity index (χ3v) is 3.73. The Morgan fingerprint density at radius 3 is 2.58 bits per heavy atom. The molecule has 2 rings (SSSR count). The molecule has 24 heavy (non-hydrogen) atoms. The summed E-state index contributed by atoms with van der Waals surface area (Å²) >= 11 is 6.05. The van der Waals surface area contributed by atoms with Crippen LogP contribution in [0.4, 0.5) is 14.5 Å². The van der Waals surface area contributed by atoms with Crippen LogP contribution in [-0.2, 0) is 5.54 Å². The normalized spacial score (nSPS) is 13.0. The molecule has 1 aromatic carbocycles. The van der Waals surface area contributed by atoms with E-state index in [0.717, 1.165) is 12.1 Å². The number of anilines is 1. The molecular formula is C16H18ClF2N3O2. The molecule has 0 aliphatic carbocycles. The molecule has 0 saturated carbocycles. The molecule has 2 N–H and O–H groups in total. The molecule has 1 aromatic heterocycles. The lowest BCUT2D eigenvalue weighted by Crippen LogP contribution is -2.36. The Hall–Kier alpha value is -1.99. The molecule has 0 aliphatic rings. The van der Waals surface area contributed by atoms with Gasteiger partial charge in [-0.1, -0.05) is 17.7 Å². The molecule has 0 fully saturated rings. The van der Waals surface area contributed by atoms with Crippen molar-refractivity contribution in [1.29, 1.82) is 0 Å². The SMILES string of the molecule is CC(C)(C)n1ncc(NC[C@H](O)c2ccc(F)c(F)c2)c(Cl)c1=O. The zero-order chi connectivity index (χ0) is 18.1. The van der Waals surface area contributed by atoms with E-state index in [0.29, 0.717) is 0 Å². The molecule has 1 atom stereocenters. The Morgan fingerprint density at radius 2 is 2.00 bits per heavy atom. The lowest BCUT2D eigenvalue weighted by atomic mass is 10.1. The maximum atomic E-state index is 13.2. The minimum Gasteiger partial charge on any atom is -0.387 e. The van der Waals surface area contributed by atoms with Crippen molar-refractivity contribution in [1.82, 2.24) is 9.78 Å². The van der Waals surface area contributed by atoms with Crippen molar-refractivity contribution in [2.45, 2.75) is 32.4 Å². The van der Waals surface area contributed by atoms with Crippen LogP contribution < -0.4 is 10.9 Å². The molecule has 1 heterocycles. The highest BCUT2D eigenvalue weighted by molar-refractivity contribution is 6.32. The fourth-order valence-corrected chi connectivity index (χ4v) is 2.27. The van der Waals surface area contributed by atoms with Crippen LogP contribution >= 0.6 is 11.6 Å². The van der Waals surface area contributed by atoms with Crippen LogP contribution in [0, 0.1) is 11.6 Å². The zero-order valence-electron chi connectivity index (χ0n) is 13.5. The highest BCUT2D eigenvalue weighted by Crippen LogP contribution is 2.21. The Labute approximate surface area is 142 Å². The van der Waals surface area contributed by atoms with Gasteiger partial charge in [-0.05, 0) is 38.5 Å². The number of hydrogen-bond acceptors (Lipinski definition) is 4. The van der Waals surface area contributed by atoms with Crippen LogP contribution in [0.5, 0.6) is 0 Å². The van der Waals surface area contributed by atoms with E-state index in [1.54, 1.807) is 0 Å². The van der Waals surface area contributed by atoms with Gasteiger partial charge in [0.2, 0.25) is 0 Å². The van der Waals surface area contributed by atoms with Crippen molar-refractivity contribution >= 4 is 17.3 Å². The third-order valence-electron chi connectivity index (χ3n) is 3.37. The lowest BCUT2D eigenvalue weighted by Gasteiger charge is -2.21. The second-order valence-corrected chi connectivity index (χ2v) is 6.71. The second kappa shape index (κ2) is 6.86. The average Bonchev–Trinajstić information content (AvgIpc) is 2.50. The molecule has 0 spiro atoms. The highest BCUT2D eigenvalue weighted by atomic mass is 35.5. The topological polar surface area (TPSA) is 67.2 Å². The zero-order valence-corrected chi connectivity index (χ0v) is 14.2. The second-order valence-electron chi connectivity index (χ2n) is 6.33. The molecule has 8 heteroatoms. The van der Waals surface area contributed by atoms with Crippen LogP contribution in [0.2, 0.25) is 5.02 Å². The van der Waals surface area contributed by atoms with Crippen LogP contribution in [0.25, 0.3) is 0 Å². The summed E-state index contributed by atoms with van der Waals surface area (Å²) in [4.78, 5) is 12.2. The first-order valence-corrected chi connectivity index (χ1v) is 7.64. The predicted molar refractivity (Wildman–Crippen MR) is 88.3 cm³/mol. The number of aliphatic hydroxyl groups excluding tert-OH is 1. The predicted octanol–water partition coefficient (Wildman–Crippen LogP) is 3.08. The maximum absolute atomic E-state index is 13.2. The molecule has 2 aromatic rings. The summed E-state index contributed by atoms with van der Waals surface area (Å²) in [6.07, 6.45) is 0.272. The van der Waals surface area contributed by atoms with Gasteiger partial charge in [0.05, 0.1) is 23.5 Å². The third kappa shape index (κ3) is 3.91. The quantitative estimate of drug-likeness (QED) is 0.882. The van der Waals surface area contributed by atoms with E-state index in [1.165, 1.54) is 16.9 Å². The molecular weight excluding hydrogens is 340 g/mol. The standard InChI is InChI=1S/C16H18ClF2N3O2/c1-16(2,3)22-15(24)14(17)12(7-21-22)20-8-13(23)9-4-5-10(18)11(19)6-9/h4-7,13,20,23H,8H2,1-3H3/t13-/m0/s1. The summed E-state index contributed by atoms with van der Waals surface area (Å²) in [5, 5.41) is 16.8. The summed E-state index contributed by atoms with van der Waals surface area (Å²) in [6.45, 7) is 5.40. The minimum atomic E-state index is -1.11. The molecule has 0 unspecified atom stereocenters. The van der Waals surface area contributed by atoms with Gasteiger partial charge in [0.25, 0.3) is 5.56 Å². The van der Waals surface area contributed by atoms with Crippen LogP contribution in [0.1, 0.15) is 32.4 Å². The van der Waals surface area contributed by atoms with Crippen molar-refractivity contribution < 1.29 is 13.9 Å². The van der Waals surface area contributed by atoms with Gasteiger partial charge in [0.15, 0.2) is 11.6 Å². The first kappa shape index (κ1) is 18.4. The lowest BCUT2D eigenvalue weighted by molar-refractivity contribution is 0.191. The van der Waals surface area contributed by atoms with Gasteiger partial charge in [-0.15, -0.1) is 0 Å². The largest absolute Gasteiger partial charge is 0.387 e. The van der Waals surface area contributed by atoms with E-state index >= 15 is 0 Å². The van der Waals surface area contributed by atoms with Crippen molar-refractivity contribution in [3.8, 4) is 0 Å². The van der Waals surface area contributed by atoms with Crippen LogP contribution in [0.3, 0.4) is 0 Å². The number of benzene rings is 1. The molecule has 0 amide bonds. The Bertz CT molecular complexity index is 803. The first-order chi connectivity index (χ1) is 11.1. The summed E-state index contributed by atoms with van der Waals surface area (Å²) in [5.74, 6) is -2.03. The Balaban J connectivity index is 2.16. The van der Waals surface area contributed by atoms with Crippen molar-refractivity contribution in [2.24, 2.45) is 0 Å². The van der Waals surface area contributed by atoms with Crippen molar-refractivity contribution in [3.63, 3.8) is 0 Å². The van der Waals surface area contributed by atoms with E-state index in [9.17, 15) is 18.7 Å². The average molecular weight is 358 g/mol. The number of aromatic nitrogens is 2. The summed E-state index contributed by atoms with van der Waals surface area (Å²) < 4.78 is 27.4. The van der Waals surface area contributed by atoms with Crippen LogP contribution in [0.15, 0.2) is 29.2 Å². The number of rotatable bonds is 4. The molecule has 0 aliphatic heterocycles. The number of halogens is 3. The Kier molecular flexibility index (Phi) is 5.25. The molecule has 130 valence electrons. The van der Waals surface area contributed by atoms with Gasteiger partial charge in [-0.3, -0.25) is 4.79 Å². The Morgan fingerprint density at radius 1 is 1.33 bits per heavy atom. The van der Waals surface area contributed by atoms with Crippen molar-refractivity contribution in [2.75, 3.05) is 11.9 Å². The monoisotopic (exact) mass is 357 g/mol. The number of nitrogens with one attached hydrogen (secondary N) is 1. The van der Waals surface area contributed by atoms with E-state index in [1.807, 2.05) is 20.8 Å². The van der Waals surface area contributed by atoms with Gasteiger partial charge < -0.3 is 10.4 Å². The molecule has 0 radical (unpaired) electrons. The fourth-order valence-electron chi connectivity index (χ4n) is 2.08. The van der Waals surface area contributed by atoms with Gasteiger partial charge in [-0.25, -0.2) is 13.5 Å². The first-order valence-electron chi connectivity index (χ1n) is 7.26. The van der Waals surface area contributed by atoms with E-state index in [-0.39, 0.29) is 22.8 Å². The molecule has 0 saturated heterocycles. The summed E-state index contributed by atoms with van der Waals surface area (Å²) in [7, 11) is 0. The molecule has 5 nitrogen and oxygen atoms in total. The van der Waals surface area contributed by atoms with E-state index in [2.05, 4.69) is 10.4 Å². The number of aliphatic hydroxyl groups is 1. The van der Waals surface area contributed by atoms with Gasteiger partial charge in [0, 0.05) is 6.54 Å². The minimum absolute atomic E-state index is 0.0502. The van der Waals surface area contributed by atoms with Crippen molar-refractivity contribution in [3.05, 3.63) is 57.0 Å². The number of nitrogens with zero attached hydrogens (tertiary/aromatic N) is 2. The van der Waals surface area contributed by atoms with Crippen LogP contribution in [-0.4, -0.2) is 21.4 Å². The highest BCUT2D eigenvalue weighted by Gasteiger charge is 2.20. The fraction of sp³-hybridized carbons (Fsp3) is 0.375. The van der Waals surface area contributed by atoms with Gasteiger partial charge in [0.1, 0.15) is 5.02 Å². The summed E-state index contributed by atoms with van der Waals surface area (Å²) in [5.41, 5.74) is -0.529. The van der Waals surface area contributed by atoms with E-state index in [4.69, 9.17) is 11.6 Å². The van der Waals surface area contributed by atoms with Gasteiger partial charge in [-0.2, -0.15) is 5.10 Å².